The Bertz CT molecular complexity index is 355. The van der Waals surface area contributed by atoms with Gasteiger partial charge < -0.3 is 5.11 Å². The Labute approximate surface area is 110 Å². The van der Waals surface area contributed by atoms with Crippen LogP contribution in [0.15, 0.2) is 24.4 Å². The van der Waals surface area contributed by atoms with Crippen LogP contribution in [0.3, 0.4) is 0 Å². The van der Waals surface area contributed by atoms with E-state index in [4.69, 9.17) is 0 Å². The zero-order valence-corrected chi connectivity index (χ0v) is 11.4. The summed E-state index contributed by atoms with van der Waals surface area (Å²) in [5, 5.41) is 10.2. The van der Waals surface area contributed by atoms with Crippen molar-refractivity contribution in [2.24, 2.45) is 5.92 Å². The minimum atomic E-state index is -0.176. The van der Waals surface area contributed by atoms with Gasteiger partial charge in [-0.05, 0) is 43.9 Å². The maximum absolute atomic E-state index is 10.2. The molecule has 3 heteroatoms. The van der Waals surface area contributed by atoms with E-state index in [1.807, 2.05) is 18.3 Å². The molecule has 100 valence electrons. The van der Waals surface area contributed by atoms with Crippen LogP contribution in [0.2, 0.25) is 0 Å². The van der Waals surface area contributed by atoms with Crippen molar-refractivity contribution in [1.29, 1.82) is 0 Å². The lowest BCUT2D eigenvalue weighted by Crippen LogP contribution is -2.46. The normalized spacial score (nSPS) is 28.6. The summed E-state index contributed by atoms with van der Waals surface area (Å²) < 4.78 is 0. The highest BCUT2D eigenvalue weighted by Crippen LogP contribution is 2.28. The van der Waals surface area contributed by atoms with E-state index in [2.05, 4.69) is 29.8 Å². The van der Waals surface area contributed by atoms with Gasteiger partial charge in [-0.25, -0.2) is 0 Å². The van der Waals surface area contributed by atoms with Crippen molar-refractivity contribution in [1.82, 2.24) is 9.88 Å². The predicted molar refractivity (Wildman–Crippen MR) is 73.1 cm³/mol. The molecule has 1 fully saturated rings. The lowest BCUT2D eigenvalue weighted by atomic mass is 9.84. The molecule has 1 aromatic rings. The van der Waals surface area contributed by atoms with E-state index in [0.717, 1.165) is 44.0 Å². The van der Waals surface area contributed by atoms with Gasteiger partial charge in [0.2, 0.25) is 0 Å². The SMILES string of the molecule is CCN(Cc1ccccn1)C1CC(C)CCC1O. The quantitative estimate of drug-likeness (QED) is 0.889. The largest absolute Gasteiger partial charge is 0.391 e. The van der Waals surface area contributed by atoms with Crippen molar-refractivity contribution < 1.29 is 5.11 Å². The van der Waals surface area contributed by atoms with Crippen molar-refractivity contribution in [2.45, 2.75) is 51.8 Å². The fourth-order valence-corrected chi connectivity index (χ4v) is 2.89. The van der Waals surface area contributed by atoms with Gasteiger partial charge in [-0.3, -0.25) is 9.88 Å². The first-order valence-corrected chi connectivity index (χ1v) is 7.02. The average Bonchev–Trinajstić information content (AvgIpc) is 2.40. The maximum Gasteiger partial charge on any atom is 0.0695 e. The molecule has 0 amide bonds. The smallest absolute Gasteiger partial charge is 0.0695 e. The van der Waals surface area contributed by atoms with Crippen molar-refractivity contribution in [3.05, 3.63) is 30.1 Å². The zero-order chi connectivity index (χ0) is 13.0. The number of aliphatic hydroxyl groups excluding tert-OH is 1. The lowest BCUT2D eigenvalue weighted by Gasteiger charge is -2.39. The number of hydrogen-bond acceptors (Lipinski definition) is 3. The van der Waals surface area contributed by atoms with Crippen LogP contribution >= 0.6 is 0 Å². The Hall–Kier alpha value is -0.930. The molecule has 1 aliphatic rings. The molecular formula is C15H24N2O. The molecule has 1 aliphatic carbocycles. The Morgan fingerprint density at radius 2 is 2.22 bits per heavy atom. The molecule has 18 heavy (non-hydrogen) atoms. The van der Waals surface area contributed by atoms with Crippen LogP contribution in [0.1, 0.15) is 38.8 Å². The molecule has 1 saturated carbocycles. The molecule has 1 heterocycles. The highest BCUT2D eigenvalue weighted by atomic mass is 16.3. The second-order valence-electron chi connectivity index (χ2n) is 5.44. The number of hydrogen-bond donors (Lipinski definition) is 1. The minimum Gasteiger partial charge on any atom is -0.391 e. The first-order valence-electron chi connectivity index (χ1n) is 7.02. The fourth-order valence-electron chi connectivity index (χ4n) is 2.89. The number of rotatable bonds is 4. The molecule has 2 rings (SSSR count). The summed E-state index contributed by atoms with van der Waals surface area (Å²) >= 11 is 0. The van der Waals surface area contributed by atoms with Gasteiger partial charge in [-0.15, -0.1) is 0 Å². The van der Waals surface area contributed by atoms with E-state index in [-0.39, 0.29) is 6.10 Å². The maximum atomic E-state index is 10.2. The van der Waals surface area contributed by atoms with Gasteiger partial charge in [-0.1, -0.05) is 19.9 Å². The van der Waals surface area contributed by atoms with Crippen LogP contribution in [0.25, 0.3) is 0 Å². The predicted octanol–water partition coefficient (Wildman–Crippen LogP) is 2.45. The summed E-state index contributed by atoms with van der Waals surface area (Å²) in [6, 6.07) is 6.31. The number of aromatic nitrogens is 1. The molecular weight excluding hydrogens is 224 g/mol. The van der Waals surface area contributed by atoms with Gasteiger partial charge in [0.25, 0.3) is 0 Å². The standard InChI is InChI=1S/C15H24N2O/c1-3-17(11-13-6-4-5-9-16-13)14-10-12(2)7-8-15(14)18/h4-6,9,12,14-15,18H,3,7-8,10-11H2,1-2H3. The molecule has 3 atom stereocenters. The summed E-state index contributed by atoms with van der Waals surface area (Å²) in [5.41, 5.74) is 1.09. The Kier molecular flexibility index (Phi) is 4.72. The van der Waals surface area contributed by atoms with Crippen LogP contribution in [-0.4, -0.2) is 33.7 Å². The van der Waals surface area contributed by atoms with E-state index in [1.54, 1.807) is 0 Å². The van der Waals surface area contributed by atoms with Crippen molar-refractivity contribution in [3.63, 3.8) is 0 Å². The van der Waals surface area contributed by atoms with Gasteiger partial charge in [0.05, 0.1) is 11.8 Å². The number of aliphatic hydroxyl groups is 1. The van der Waals surface area contributed by atoms with E-state index in [0.29, 0.717) is 6.04 Å². The third-order valence-electron chi connectivity index (χ3n) is 4.01. The van der Waals surface area contributed by atoms with Gasteiger partial charge in [0.15, 0.2) is 0 Å². The first kappa shape index (κ1) is 13.5. The minimum absolute atomic E-state index is 0.176. The molecule has 1 N–H and O–H groups in total. The summed E-state index contributed by atoms with van der Waals surface area (Å²) in [4.78, 5) is 6.75. The van der Waals surface area contributed by atoms with Crippen molar-refractivity contribution >= 4 is 0 Å². The van der Waals surface area contributed by atoms with E-state index in [9.17, 15) is 5.11 Å². The molecule has 0 spiro atoms. The third kappa shape index (κ3) is 3.30. The summed E-state index contributed by atoms with van der Waals surface area (Å²) in [6.45, 7) is 6.25. The molecule has 0 radical (unpaired) electrons. The third-order valence-corrected chi connectivity index (χ3v) is 4.01. The first-order chi connectivity index (χ1) is 8.70. The van der Waals surface area contributed by atoms with Gasteiger partial charge in [-0.2, -0.15) is 0 Å². The van der Waals surface area contributed by atoms with E-state index >= 15 is 0 Å². The lowest BCUT2D eigenvalue weighted by molar-refractivity contribution is 0.00362. The van der Waals surface area contributed by atoms with Gasteiger partial charge in [0.1, 0.15) is 0 Å². The Morgan fingerprint density at radius 1 is 1.39 bits per heavy atom. The Morgan fingerprint density at radius 3 is 2.89 bits per heavy atom. The molecule has 0 aliphatic heterocycles. The van der Waals surface area contributed by atoms with Crippen LogP contribution in [0.5, 0.6) is 0 Å². The van der Waals surface area contributed by atoms with Crippen LogP contribution in [-0.2, 0) is 6.54 Å². The highest BCUT2D eigenvalue weighted by molar-refractivity contribution is 5.04. The topological polar surface area (TPSA) is 36.4 Å². The summed E-state index contributed by atoms with van der Waals surface area (Å²) in [5.74, 6) is 0.719. The number of pyridine rings is 1. The second-order valence-corrected chi connectivity index (χ2v) is 5.44. The van der Waals surface area contributed by atoms with Crippen LogP contribution in [0, 0.1) is 5.92 Å². The zero-order valence-electron chi connectivity index (χ0n) is 11.4. The molecule has 3 unspecified atom stereocenters. The molecule has 3 nitrogen and oxygen atoms in total. The molecule has 0 saturated heterocycles. The van der Waals surface area contributed by atoms with Gasteiger partial charge >= 0.3 is 0 Å². The summed E-state index contributed by atoms with van der Waals surface area (Å²) in [7, 11) is 0. The highest BCUT2D eigenvalue weighted by Gasteiger charge is 2.31. The van der Waals surface area contributed by atoms with E-state index < -0.39 is 0 Å². The molecule has 0 bridgehead atoms. The number of likely N-dealkylation sites (N-methyl/N-ethyl adjacent to an activating group) is 1. The van der Waals surface area contributed by atoms with Crippen LogP contribution in [0.4, 0.5) is 0 Å². The van der Waals surface area contributed by atoms with Gasteiger partial charge in [0, 0.05) is 18.8 Å². The second kappa shape index (κ2) is 6.30. The average molecular weight is 248 g/mol. The van der Waals surface area contributed by atoms with E-state index in [1.165, 1.54) is 0 Å². The number of nitrogens with zero attached hydrogens (tertiary/aromatic N) is 2. The monoisotopic (exact) mass is 248 g/mol. The molecule has 0 aromatic carbocycles. The van der Waals surface area contributed by atoms with Crippen molar-refractivity contribution in [3.8, 4) is 0 Å². The van der Waals surface area contributed by atoms with Crippen molar-refractivity contribution in [2.75, 3.05) is 6.54 Å². The summed E-state index contributed by atoms with van der Waals surface area (Å²) in [6.07, 6.45) is 4.85. The Balaban J connectivity index is 2.03. The van der Waals surface area contributed by atoms with Crippen LogP contribution < -0.4 is 0 Å². The fraction of sp³-hybridized carbons (Fsp3) is 0.667. The molecule has 1 aromatic heterocycles.